The first-order valence-electron chi connectivity index (χ1n) is 8.38. The summed E-state index contributed by atoms with van der Waals surface area (Å²) in [6.45, 7) is 11.2. The number of rotatable bonds is 7. The van der Waals surface area contributed by atoms with Crippen LogP contribution in [0.15, 0.2) is 18.7 Å². The van der Waals surface area contributed by atoms with Gasteiger partial charge in [-0.15, -0.1) is 0 Å². The van der Waals surface area contributed by atoms with E-state index in [1.807, 2.05) is 17.7 Å². The van der Waals surface area contributed by atoms with Crippen LogP contribution >= 0.6 is 0 Å². The average molecular weight is 323 g/mol. The molecule has 1 aromatic heterocycles. The molecule has 1 fully saturated rings. The van der Waals surface area contributed by atoms with Crippen LogP contribution in [0.4, 0.5) is 4.79 Å². The van der Waals surface area contributed by atoms with Crippen molar-refractivity contribution in [2.24, 2.45) is 5.92 Å². The molecule has 0 aliphatic carbocycles. The molecule has 7 heteroatoms. The van der Waals surface area contributed by atoms with E-state index in [9.17, 15) is 4.79 Å². The highest BCUT2D eigenvalue weighted by molar-refractivity contribution is 5.74. The van der Waals surface area contributed by atoms with Gasteiger partial charge in [-0.2, -0.15) is 0 Å². The maximum atomic E-state index is 12.1. The Hall–Kier alpha value is -1.60. The Morgan fingerprint density at radius 3 is 2.65 bits per heavy atom. The van der Waals surface area contributed by atoms with Crippen LogP contribution in [0.1, 0.15) is 20.8 Å². The summed E-state index contributed by atoms with van der Waals surface area (Å²) in [5.41, 5.74) is 0. The second kappa shape index (κ2) is 8.88. The normalized spacial score (nSPS) is 18.6. The number of ether oxygens (including phenoxy) is 1. The lowest BCUT2D eigenvalue weighted by molar-refractivity contribution is 0.00718. The molecule has 2 rings (SSSR count). The molecule has 130 valence electrons. The van der Waals surface area contributed by atoms with Crippen LogP contribution in [0.5, 0.6) is 0 Å². The Kier molecular flexibility index (Phi) is 6.85. The van der Waals surface area contributed by atoms with Gasteiger partial charge in [-0.25, -0.2) is 9.78 Å². The van der Waals surface area contributed by atoms with Crippen molar-refractivity contribution in [2.75, 3.05) is 32.8 Å². The third kappa shape index (κ3) is 5.84. The van der Waals surface area contributed by atoms with Gasteiger partial charge in [0.1, 0.15) is 0 Å². The SMILES string of the molecule is CC(Cn1ccnc1)NC(=O)NCC(C(C)C)N1CCOCC1. The molecule has 1 aliphatic rings. The molecule has 0 aromatic carbocycles. The minimum absolute atomic E-state index is 0.0464. The van der Waals surface area contributed by atoms with E-state index in [4.69, 9.17) is 4.74 Å². The number of morpholine rings is 1. The molecule has 7 nitrogen and oxygen atoms in total. The van der Waals surface area contributed by atoms with Crippen LogP contribution in [-0.2, 0) is 11.3 Å². The van der Waals surface area contributed by atoms with Gasteiger partial charge in [-0.1, -0.05) is 13.8 Å². The maximum Gasteiger partial charge on any atom is 0.315 e. The van der Waals surface area contributed by atoms with Crippen molar-refractivity contribution in [2.45, 2.75) is 39.4 Å². The number of hydrogen-bond donors (Lipinski definition) is 2. The summed E-state index contributed by atoms with van der Waals surface area (Å²) in [5.74, 6) is 0.483. The van der Waals surface area contributed by atoms with Crippen LogP contribution in [0.25, 0.3) is 0 Å². The monoisotopic (exact) mass is 323 g/mol. The highest BCUT2D eigenvalue weighted by atomic mass is 16.5. The second-order valence-corrected chi connectivity index (χ2v) is 6.47. The predicted octanol–water partition coefficient (Wildman–Crippen LogP) is 0.928. The molecule has 2 heterocycles. The van der Waals surface area contributed by atoms with Gasteiger partial charge in [-0.05, 0) is 12.8 Å². The Labute approximate surface area is 138 Å². The highest BCUT2D eigenvalue weighted by Gasteiger charge is 2.24. The number of carbonyl (C=O) groups is 1. The van der Waals surface area contributed by atoms with Crippen LogP contribution < -0.4 is 10.6 Å². The van der Waals surface area contributed by atoms with E-state index in [2.05, 4.69) is 34.4 Å². The molecule has 1 aliphatic heterocycles. The molecule has 2 N–H and O–H groups in total. The molecule has 2 atom stereocenters. The number of nitrogens with zero attached hydrogens (tertiary/aromatic N) is 3. The zero-order valence-corrected chi connectivity index (χ0v) is 14.4. The van der Waals surface area contributed by atoms with Gasteiger partial charge in [-0.3, -0.25) is 4.90 Å². The quantitative estimate of drug-likeness (QED) is 0.783. The van der Waals surface area contributed by atoms with Crippen molar-refractivity contribution in [1.29, 1.82) is 0 Å². The Morgan fingerprint density at radius 1 is 1.30 bits per heavy atom. The van der Waals surface area contributed by atoms with E-state index in [1.165, 1.54) is 0 Å². The molecule has 0 spiro atoms. The van der Waals surface area contributed by atoms with Crippen LogP contribution in [0.2, 0.25) is 0 Å². The molecular weight excluding hydrogens is 294 g/mol. The predicted molar refractivity (Wildman–Crippen MR) is 89.2 cm³/mol. The van der Waals surface area contributed by atoms with Gasteiger partial charge < -0.3 is 19.9 Å². The van der Waals surface area contributed by atoms with Gasteiger partial charge in [0.25, 0.3) is 0 Å². The van der Waals surface area contributed by atoms with Crippen LogP contribution in [0, 0.1) is 5.92 Å². The molecule has 23 heavy (non-hydrogen) atoms. The third-order valence-corrected chi connectivity index (χ3v) is 4.18. The fourth-order valence-corrected chi connectivity index (χ4v) is 2.92. The summed E-state index contributed by atoms with van der Waals surface area (Å²) >= 11 is 0. The number of urea groups is 1. The topological polar surface area (TPSA) is 71.4 Å². The Morgan fingerprint density at radius 2 is 2.04 bits per heavy atom. The lowest BCUT2D eigenvalue weighted by atomic mass is 10.0. The summed E-state index contributed by atoms with van der Waals surface area (Å²) in [4.78, 5) is 18.5. The number of carbonyl (C=O) groups excluding carboxylic acids is 1. The largest absolute Gasteiger partial charge is 0.379 e. The smallest absolute Gasteiger partial charge is 0.315 e. The van der Waals surface area contributed by atoms with E-state index >= 15 is 0 Å². The average Bonchev–Trinajstić information content (AvgIpc) is 3.00. The van der Waals surface area contributed by atoms with Gasteiger partial charge in [0.2, 0.25) is 0 Å². The summed E-state index contributed by atoms with van der Waals surface area (Å²) in [6.07, 6.45) is 5.38. The van der Waals surface area contributed by atoms with E-state index in [-0.39, 0.29) is 12.1 Å². The van der Waals surface area contributed by atoms with E-state index in [0.29, 0.717) is 25.0 Å². The first-order chi connectivity index (χ1) is 11.1. The van der Waals surface area contributed by atoms with Gasteiger partial charge >= 0.3 is 6.03 Å². The number of aromatic nitrogens is 2. The van der Waals surface area contributed by atoms with Crippen LogP contribution in [-0.4, -0.2) is 65.4 Å². The fraction of sp³-hybridized carbons (Fsp3) is 0.750. The summed E-state index contributed by atoms with van der Waals surface area (Å²) < 4.78 is 7.36. The minimum atomic E-state index is -0.114. The lowest BCUT2D eigenvalue weighted by Crippen LogP contribution is -2.53. The third-order valence-electron chi connectivity index (χ3n) is 4.18. The first kappa shape index (κ1) is 17.7. The van der Waals surface area contributed by atoms with E-state index < -0.39 is 0 Å². The molecule has 1 saturated heterocycles. The molecule has 1 aromatic rings. The maximum absolute atomic E-state index is 12.1. The summed E-state index contributed by atoms with van der Waals surface area (Å²) in [5, 5.41) is 5.99. The molecule has 2 amide bonds. The van der Waals surface area contributed by atoms with Crippen molar-refractivity contribution in [3.8, 4) is 0 Å². The van der Waals surface area contributed by atoms with Crippen molar-refractivity contribution in [3.05, 3.63) is 18.7 Å². The molecule has 0 bridgehead atoms. The summed E-state index contributed by atoms with van der Waals surface area (Å²) in [6, 6.07) is 0.273. The van der Waals surface area contributed by atoms with Gasteiger partial charge in [0.05, 0.1) is 19.5 Å². The minimum Gasteiger partial charge on any atom is -0.379 e. The summed E-state index contributed by atoms with van der Waals surface area (Å²) in [7, 11) is 0. The molecule has 2 unspecified atom stereocenters. The zero-order valence-electron chi connectivity index (χ0n) is 14.4. The van der Waals surface area contributed by atoms with Gasteiger partial charge in [0, 0.05) is 50.7 Å². The van der Waals surface area contributed by atoms with Crippen molar-refractivity contribution in [3.63, 3.8) is 0 Å². The van der Waals surface area contributed by atoms with Crippen molar-refractivity contribution in [1.82, 2.24) is 25.1 Å². The highest BCUT2D eigenvalue weighted by Crippen LogP contribution is 2.12. The number of amides is 2. The van der Waals surface area contributed by atoms with Gasteiger partial charge in [0.15, 0.2) is 0 Å². The number of imidazole rings is 1. The lowest BCUT2D eigenvalue weighted by Gasteiger charge is -2.37. The van der Waals surface area contributed by atoms with Crippen molar-refractivity contribution >= 4 is 6.03 Å². The standard InChI is InChI=1S/C16H29N5O2/c1-13(2)15(21-6-8-23-9-7-21)10-18-16(22)19-14(3)11-20-5-4-17-12-20/h4-5,12-15H,6-11H2,1-3H3,(H2,18,19,22). The number of nitrogens with one attached hydrogen (secondary N) is 2. The first-order valence-corrected chi connectivity index (χ1v) is 8.38. The van der Waals surface area contributed by atoms with Crippen LogP contribution in [0.3, 0.4) is 0 Å². The molecule has 0 saturated carbocycles. The zero-order chi connectivity index (χ0) is 16.7. The van der Waals surface area contributed by atoms with E-state index in [1.54, 1.807) is 12.5 Å². The Bertz CT molecular complexity index is 457. The van der Waals surface area contributed by atoms with Crippen molar-refractivity contribution < 1.29 is 9.53 Å². The Balaban J connectivity index is 1.74. The number of hydrogen-bond acceptors (Lipinski definition) is 4. The second-order valence-electron chi connectivity index (χ2n) is 6.47. The van der Waals surface area contributed by atoms with E-state index in [0.717, 1.165) is 26.3 Å². The fourth-order valence-electron chi connectivity index (χ4n) is 2.92. The molecule has 0 radical (unpaired) electrons. The molecular formula is C16H29N5O2.